The van der Waals surface area contributed by atoms with Crippen molar-refractivity contribution in [2.24, 2.45) is 5.92 Å². The quantitative estimate of drug-likeness (QED) is 0.562. The zero-order chi connectivity index (χ0) is 20.4. The fraction of sp³-hybridized carbons (Fsp3) is 0.550. The van der Waals surface area contributed by atoms with Crippen molar-refractivity contribution in [3.8, 4) is 6.07 Å². The molecule has 1 aromatic rings. The number of amides is 1. The first-order valence-electron chi connectivity index (χ1n) is 9.95. The molecule has 1 N–H and O–H groups in total. The molecule has 154 valence electrons. The van der Waals surface area contributed by atoms with E-state index in [-0.39, 0.29) is 11.9 Å². The van der Waals surface area contributed by atoms with E-state index in [1.54, 1.807) is 12.1 Å². The number of ether oxygens (including phenoxy) is 1. The van der Waals surface area contributed by atoms with Gasteiger partial charge in [0.15, 0.2) is 0 Å². The lowest BCUT2D eigenvalue weighted by Gasteiger charge is -2.35. The molecule has 2 saturated heterocycles. The third-order valence-electron chi connectivity index (χ3n) is 5.58. The van der Waals surface area contributed by atoms with E-state index in [1.807, 2.05) is 9.80 Å². The summed E-state index contributed by atoms with van der Waals surface area (Å²) in [5, 5.41) is 12.0. The molecule has 3 aliphatic rings. The summed E-state index contributed by atoms with van der Waals surface area (Å²) in [4.78, 5) is 18.6. The Morgan fingerprint density at radius 2 is 2.07 bits per heavy atom. The standard InChI is InChI=1S/C20H24FN5O2S/c21-17-11-15(3-4-18(17)25-9-7-24(6-5-22)8-10-25)26-13-16(28-20(26)27)12-23-19(29)14-1-2-14/h3-4,11,14,16H,1-2,6-10,12-13H2,(H,23,29). The van der Waals surface area contributed by atoms with Gasteiger partial charge in [0, 0.05) is 32.1 Å². The maximum atomic E-state index is 14.8. The summed E-state index contributed by atoms with van der Waals surface area (Å²) in [6.45, 7) is 4.02. The van der Waals surface area contributed by atoms with E-state index >= 15 is 0 Å². The molecule has 3 fully saturated rings. The van der Waals surface area contributed by atoms with Gasteiger partial charge in [0.05, 0.1) is 42.1 Å². The Hall–Kier alpha value is -2.44. The van der Waals surface area contributed by atoms with Crippen LogP contribution in [0, 0.1) is 23.1 Å². The molecule has 1 aromatic carbocycles. The van der Waals surface area contributed by atoms with Gasteiger partial charge in [0.25, 0.3) is 0 Å². The summed E-state index contributed by atoms with van der Waals surface area (Å²) in [5.41, 5.74) is 1.01. The number of nitrogens with one attached hydrogen (secondary N) is 1. The first-order chi connectivity index (χ1) is 14.0. The molecule has 1 unspecified atom stereocenters. The fourth-order valence-electron chi connectivity index (χ4n) is 3.71. The number of hydrogen-bond acceptors (Lipinski definition) is 6. The minimum atomic E-state index is -0.466. The maximum absolute atomic E-state index is 14.8. The van der Waals surface area contributed by atoms with Gasteiger partial charge in [-0.3, -0.25) is 9.80 Å². The third-order valence-corrected chi connectivity index (χ3v) is 6.05. The molecule has 0 aromatic heterocycles. The number of piperazine rings is 1. The highest BCUT2D eigenvalue weighted by Crippen LogP contribution is 2.30. The molecular weight excluding hydrogens is 393 g/mol. The van der Waals surface area contributed by atoms with Gasteiger partial charge in [0.1, 0.15) is 11.9 Å². The van der Waals surface area contributed by atoms with Crippen LogP contribution < -0.4 is 15.1 Å². The van der Waals surface area contributed by atoms with Gasteiger partial charge in [-0.05, 0) is 31.0 Å². The SMILES string of the molecule is N#CCN1CCN(c2ccc(N3CC(CNC(=S)C4CC4)OC3=O)cc2F)CC1. The fourth-order valence-corrected chi connectivity index (χ4v) is 4.03. The second-order valence-electron chi connectivity index (χ2n) is 7.69. The largest absolute Gasteiger partial charge is 0.442 e. The molecule has 7 nitrogen and oxygen atoms in total. The van der Waals surface area contributed by atoms with E-state index < -0.39 is 6.09 Å². The Bertz CT molecular complexity index is 833. The monoisotopic (exact) mass is 417 g/mol. The van der Waals surface area contributed by atoms with E-state index in [2.05, 4.69) is 11.4 Å². The molecule has 29 heavy (non-hydrogen) atoms. The van der Waals surface area contributed by atoms with Gasteiger partial charge in [-0.2, -0.15) is 5.26 Å². The number of cyclic esters (lactones) is 1. The van der Waals surface area contributed by atoms with Crippen molar-refractivity contribution in [1.29, 1.82) is 5.26 Å². The van der Waals surface area contributed by atoms with E-state index in [0.29, 0.717) is 50.0 Å². The molecule has 4 rings (SSSR count). The van der Waals surface area contributed by atoms with Gasteiger partial charge in [0.2, 0.25) is 0 Å². The number of halogens is 1. The average Bonchev–Trinajstić information content (AvgIpc) is 3.50. The summed E-state index contributed by atoms with van der Waals surface area (Å²) in [7, 11) is 0. The molecule has 0 radical (unpaired) electrons. The van der Waals surface area contributed by atoms with Crippen LogP contribution in [0.1, 0.15) is 12.8 Å². The molecule has 1 aliphatic carbocycles. The van der Waals surface area contributed by atoms with Crippen LogP contribution in [0.15, 0.2) is 18.2 Å². The van der Waals surface area contributed by atoms with Crippen LogP contribution in [0.3, 0.4) is 0 Å². The highest BCUT2D eigenvalue weighted by molar-refractivity contribution is 7.80. The van der Waals surface area contributed by atoms with E-state index in [4.69, 9.17) is 22.2 Å². The van der Waals surface area contributed by atoms with Crippen LogP contribution in [0.25, 0.3) is 0 Å². The van der Waals surface area contributed by atoms with Crippen molar-refractivity contribution < 1.29 is 13.9 Å². The molecule has 1 saturated carbocycles. The van der Waals surface area contributed by atoms with Gasteiger partial charge in [-0.1, -0.05) is 12.2 Å². The molecule has 1 atom stereocenters. The predicted molar refractivity (Wildman–Crippen MR) is 112 cm³/mol. The first-order valence-corrected chi connectivity index (χ1v) is 10.4. The summed E-state index contributed by atoms with van der Waals surface area (Å²) < 4.78 is 20.2. The van der Waals surface area contributed by atoms with Crippen molar-refractivity contribution in [2.45, 2.75) is 18.9 Å². The lowest BCUT2D eigenvalue weighted by Crippen LogP contribution is -2.46. The molecule has 1 amide bonds. The highest BCUT2D eigenvalue weighted by Gasteiger charge is 2.34. The molecular formula is C20H24FN5O2S. The van der Waals surface area contributed by atoms with Crippen LogP contribution in [0.2, 0.25) is 0 Å². The van der Waals surface area contributed by atoms with E-state index in [9.17, 15) is 9.18 Å². The van der Waals surface area contributed by atoms with E-state index in [1.165, 1.54) is 11.0 Å². The zero-order valence-electron chi connectivity index (χ0n) is 16.1. The Balaban J connectivity index is 1.35. The number of carbonyl (C=O) groups is 1. The number of thiocarbonyl (C=S) groups is 1. The summed E-state index contributed by atoms with van der Waals surface area (Å²) >= 11 is 5.30. The van der Waals surface area contributed by atoms with Crippen molar-refractivity contribution in [3.05, 3.63) is 24.0 Å². The molecule has 0 bridgehead atoms. The summed E-state index contributed by atoms with van der Waals surface area (Å²) in [5.74, 6) is 0.113. The van der Waals surface area contributed by atoms with Gasteiger partial charge in [-0.25, -0.2) is 9.18 Å². The Kier molecular flexibility index (Phi) is 5.83. The lowest BCUT2D eigenvalue weighted by molar-refractivity contribution is 0.143. The van der Waals surface area contributed by atoms with Crippen molar-refractivity contribution in [1.82, 2.24) is 10.2 Å². The number of hydrogen-bond donors (Lipinski definition) is 1. The Morgan fingerprint density at radius 1 is 1.31 bits per heavy atom. The minimum absolute atomic E-state index is 0.310. The number of carbonyl (C=O) groups excluding carboxylic acids is 1. The van der Waals surface area contributed by atoms with Crippen molar-refractivity contribution in [3.63, 3.8) is 0 Å². The highest BCUT2D eigenvalue weighted by atomic mass is 32.1. The average molecular weight is 418 g/mol. The number of nitrogens with zero attached hydrogens (tertiary/aromatic N) is 4. The van der Waals surface area contributed by atoms with Gasteiger partial charge in [-0.15, -0.1) is 0 Å². The van der Waals surface area contributed by atoms with Crippen LogP contribution in [0.5, 0.6) is 0 Å². The maximum Gasteiger partial charge on any atom is 0.414 e. The zero-order valence-corrected chi connectivity index (χ0v) is 17.0. The second kappa shape index (κ2) is 8.51. The topological polar surface area (TPSA) is 71.8 Å². The van der Waals surface area contributed by atoms with Crippen molar-refractivity contribution in [2.75, 3.05) is 55.6 Å². The van der Waals surface area contributed by atoms with Crippen LogP contribution in [-0.2, 0) is 4.74 Å². The number of nitriles is 1. The summed E-state index contributed by atoms with van der Waals surface area (Å²) in [6.07, 6.45) is 1.48. The second-order valence-corrected chi connectivity index (χ2v) is 8.13. The minimum Gasteiger partial charge on any atom is -0.442 e. The third kappa shape index (κ3) is 4.60. The normalized spacial score (nSPS) is 22.3. The Labute approximate surface area is 175 Å². The molecule has 2 aliphatic heterocycles. The van der Waals surface area contributed by atoms with Crippen LogP contribution in [-0.4, -0.2) is 67.9 Å². The number of benzene rings is 1. The van der Waals surface area contributed by atoms with E-state index in [0.717, 1.165) is 30.9 Å². The van der Waals surface area contributed by atoms with Crippen LogP contribution >= 0.6 is 12.2 Å². The van der Waals surface area contributed by atoms with Crippen molar-refractivity contribution >= 4 is 34.7 Å². The molecule has 9 heteroatoms. The predicted octanol–water partition coefficient (Wildman–Crippen LogP) is 2.12. The Morgan fingerprint density at radius 3 is 2.72 bits per heavy atom. The first kappa shape index (κ1) is 19.9. The lowest BCUT2D eigenvalue weighted by atomic mass is 10.2. The smallest absolute Gasteiger partial charge is 0.414 e. The van der Waals surface area contributed by atoms with Gasteiger partial charge >= 0.3 is 6.09 Å². The molecule has 0 spiro atoms. The number of rotatable bonds is 6. The van der Waals surface area contributed by atoms with Crippen LogP contribution in [0.4, 0.5) is 20.6 Å². The number of anilines is 2. The summed E-state index contributed by atoms with van der Waals surface area (Å²) in [6, 6.07) is 7.01. The van der Waals surface area contributed by atoms with Gasteiger partial charge < -0.3 is 15.0 Å². The molecule has 2 heterocycles.